The van der Waals surface area contributed by atoms with E-state index >= 15 is 0 Å². The molecule has 0 aromatic heterocycles. The van der Waals surface area contributed by atoms with Crippen LogP contribution in [0.3, 0.4) is 0 Å². The fraction of sp³-hybridized carbons (Fsp3) is 0.263. The van der Waals surface area contributed by atoms with Gasteiger partial charge < -0.3 is 10.1 Å². The smallest absolute Gasteiger partial charge is 0.307 e. The Morgan fingerprint density at radius 3 is 1.96 bits per heavy atom. The van der Waals surface area contributed by atoms with Crippen LogP contribution >= 0.6 is 0 Å². The zero-order valence-electron chi connectivity index (χ0n) is 13.2. The molecule has 2 aromatic rings. The predicted octanol–water partition coefficient (Wildman–Crippen LogP) is 2.89. The summed E-state index contributed by atoms with van der Waals surface area (Å²) in [5.74, 6) is -0.810. The van der Waals surface area contributed by atoms with Crippen LogP contribution in [0, 0.1) is 0 Å². The molecule has 0 aliphatic carbocycles. The van der Waals surface area contributed by atoms with Crippen molar-refractivity contribution >= 4 is 11.9 Å². The van der Waals surface area contributed by atoms with Gasteiger partial charge in [0.05, 0.1) is 18.9 Å². The second-order valence-corrected chi connectivity index (χ2v) is 5.10. The van der Waals surface area contributed by atoms with Gasteiger partial charge in [-0.25, -0.2) is 0 Å². The standard InChI is InChI=1S/C19H21NO3/c1-2-23-17(21)13-14-20-19(22)18(15-9-5-3-6-10-15)16-11-7-4-8-12-16/h3-12,18H,2,13-14H2,1H3,(H,20,22). The first-order chi connectivity index (χ1) is 11.2. The van der Waals surface area contributed by atoms with Crippen molar-refractivity contribution in [3.05, 3.63) is 71.8 Å². The number of hydrogen-bond donors (Lipinski definition) is 1. The zero-order valence-corrected chi connectivity index (χ0v) is 13.2. The Labute approximate surface area is 136 Å². The van der Waals surface area contributed by atoms with Gasteiger partial charge >= 0.3 is 5.97 Å². The summed E-state index contributed by atoms with van der Waals surface area (Å²) in [7, 11) is 0. The highest BCUT2D eigenvalue weighted by Crippen LogP contribution is 2.24. The van der Waals surface area contributed by atoms with Crippen LogP contribution in [0.1, 0.15) is 30.4 Å². The summed E-state index contributed by atoms with van der Waals surface area (Å²) in [6, 6.07) is 19.2. The maximum absolute atomic E-state index is 12.6. The third-order valence-corrected chi connectivity index (χ3v) is 3.46. The molecule has 0 heterocycles. The lowest BCUT2D eigenvalue weighted by Crippen LogP contribution is -2.32. The Balaban J connectivity index is 2.09. The predicted molar refractivity (Wildman–Crippen MR) is 89.0 cm³/mol. The van der Waals surface area contributed by atoms with E-state index in [0.717, 1.165) is 11.1 Å². The van der Waals surface area contributed by atoms with Gasteiger partial charge in [-0.1, -0.05) is 60.7 Å². The summed E-state index contributed by atoms with van der Waals surface area (Å²) < 4.78 is 4.86. The Hall–Kier alpha value is -2.62. The zero-order chi connectivity index (χ0) is 16.5. The molecule has 0 radical (unpaired) electrons. The Bertz CT molecular complexity index is 586. The van der Waals surface area contributed by atoms with Crippen LogP contribution in [-0.2, 0) is 14.3 Å². The van der Waals surface area contributed by atoms with E-state index in [0.29, 0.717) is 6.61 Å². The average Bonchev–Trinajstić information content (AvgIpc) is 2.57. The molecule has 0 aliphatic rings. The lowest BCUT2D eigenvalue weighted by atomic mass is 9.90. The van der Waals surface area contributed by atoms with Crippen LogP contribution in [-0.4, -0.2) is 25.0 Å². The molecule has 23 heavy (non-hydrogen) atoms. The van der Waals surface area contributed by atoms with Crippen molar-refractivity contribution in [2.75, 3.05) is 13.2 Å². The van der Waals surface area contributed by atoms with Crippen molar-refractivity contribution in [1.82, 2.24) is 5.32 Å². The van der Waals surface area contributed by atoms with Gasteiger partial charge in [-0.15, -0.1) is 0 Å². The van der Waals surface area contributed by atoms with E-state index in [1.54, 1.807) is 6.92 Å². The van der Waals surface area contributed by atoms with E-state index in [1.165, 1.54) is 0 Å². The van der Waals surface area contributed by atoms with Crippen molar-refractivity contribution < 1.29 is 14.3 Å². The molecule has 0 saturated carbocycles. The van der Waals surface area contributed by atoms with Crippen LogP contribution in [0.4, 0.5) is 0 Å². The van der Waals surface area contributed by atoms with Gasteiger partial charge in [-0.2, -0.15) is 0 Å². The molecule has 0 fully saturated rings. The van der Waals surface area contributed by atoms with Gasteiger partial charge in [-0.05, 0) is 18.1 Å². The number of amides is 1. The lowest BCUT2D eigenvalue weighted by molar-refractivity contribution is -0.143. The summed E-state index contributed by atoms with van der Waals surface area (Å²) in [6.45, 7) is 2.38. The fourth-order valence-electron chi connectivity index (χ4n) is 2.41. The first-order valence-corrected chi connectivity index (χ1v) is 7.75. The molecule has 120 valence electrons. The van der Waals surface area contributed by atoms with E-state index in [2.05, 4.69) is 5.32 Å². The molecule has 0 spiro atoms. The van der Waals surface area contributed by atoms with E-state index < -0.39 is 0 Å². The molecule has 2 rings (SSSR count). The minimum atomic E-state index is -0.389. The third kappa shape index (κ3) is 4.95. The van der Waals surface area contributed by atoms with Crippen molar-refractivity contribution in [1.29, 1.82) is 0 Å². The summed E-state index contributed by atoms with van der Waals surface area (Å²) in [5.41, 5.74) is 1.85. The molecular weight excluding hydrogens is 290 g/mol. The molecule has 0 unspecified atom stereocenters. The average molecular weight is 311 g/mol. The molecule has 0 atom stereocenters. The first-order valence-electron chi connectivity index (χ1n) is 7.75. The summed E-state index contributed by atoms with van der Waals surface area (Å²) >= 11 is 0. The van der Waals surface area contributed by atoms with Crippen molar-refractivity contribution in [3.63, 3.8) is 0 Å². The molecule has 0 aliphatic heterocycles. The quantitative estimate of drug-likeness (QED) is 0.800. The lowest BCUT2D eigenvalue weighted by Gasteiger charge is -2.17. The highest BCUT2D eigenvalue weighted by Gasteiger charge is 2.22. The molecule has 4 nitrogen and oxygen atoms in total. The number of nitrogens with one attached hydrogen (secondary N) is 1. The highest BCUT2D eigenvalue weighted by molar-refractivity contribution is 5.87. The van der Waals surface area contributed by atoms with Crippen LogP contribution in [0.25, 0.3) is 0 Å². The number of esters is 1. The maximum Gasteiger partial charge on any atom is 0.307 e. The van der Waals surface area contributed by atoms with E-state index in [-0.39, 0.29) is 30.8 Å². The van der Waals surface area contributed by atoms with Crippen molar-refractivity contribution in [3.8, 4) is 0 Å². The minimum Gasteiger partial charge on any atom is -0.466 e. The Kier molecular flexibility index (Phi) is 6.36. The summed E-state index contributed by atoms with van der Waals surface area (Å²) in [6.07, 6.45) is 0.176. The second kappa shape index (κ2) is 8.73. The third-order valence-electron chi connectivity index (χ3n) is 3.46. The second-order valence-electron chi connectivity index (χ2n) is 5.10. The maximum atomic E-state index is 12.6. The molecular formula is C19H21NO3. The van der Waals surface area contributed by atoms with Crippen molar-refractivity contribution in [2.45, 2.75) is 19.3 Å². The molecule has 1 N–H and O–H groups in total. The summed E-state index contributed by atoms with van der Waals surface area (Å²) in [5, 5.41) is 2.83. The highest BCUT2D eigenvalue weighted by atomic mass is 16.5. The number of rotatable bonds is 7. The van der Waals surface area contributed by atoms with Crippen LogP contribution in [0.5, 0.6) is 0 Å². The van der Waals surface area contributed by atoms with Gasteiger partial charge in [0.15, 0.2) is 0 Å². The van der Waals surface area contributed by atoms with Crippen LogP contribution < -0.4 is 5.32 Å². The van der Waals surface area contributed by atoms with Gasteiger partial charge in [0.2, 0.25) is 5.91 Å². The molecule has 0 bridgehead atoms. The molecule has 1 amide bonds. The molecule has 0 saturated heterocycles. The number of hydrogen-bond acceptors (Lipinski definition) is 3. The normalized spacial score (nSPS) is 10.3. The van der Waals surface area contributed by atoms with Gasteiger partial charge in [0.25, 0.3) is 0 Å². The van der Waals surface area contributed by atoms with Crippen LogP contribution in [0.15, 0.2) is 60.7 Å². The monoisotopic (exact) mass is 311 g/mol. The number of carbonyl (C=O) groups is 2. The van der Waals surface area contributed by atoms with E-state index in [9.17, 15) is 9.59 Å². The van der Waals surface area contributed by atoms with Crippen LogP contribution in [0.2, 0.25) is 0 Å². The number of ether oxygens (including phenoxy) is 1. The van der Waals surface area contributed by atoms with Crippen molar-refractivity contribution in [2.24, 2.45) is 0 Å². The number of benzene rings is 2. The minimum absolute atomic E-state index is 0.119. The van der Waals surface area contributed by atoms with E-state index in [1.807, 2.05) is 60.7 Å². The number of carbonyl (C=O) groups excluding carboxylic acids is 2. The Morgan fingerprint density at radius 1 is 0.957 bits per heavy atom. The van der Waals surface area contributed by atoms with E-state index in [4.69, 9.17) is 4.74 Å². The summed E-state index contributed by atoms with van der Waals surface area (Å²) in [4.78, 5) is 24.0. The molecule has 4 heteroatoms. The Morgan fingerprint density at radius 2 is 1.48 bits per heavy atom. The van der Waals surface area contributed by atoms with Gasteiger partial charge in [0.1, 0.15) is 0 Å². The fourth-order valence-corrected chi connectivity index (χ4v) is 2.41. The topological polar surface area (TPSA) is 55.4 Å². The molecule has 2 aromatic carbocycles. The van der Waals surface area contributed by atoms with Gasteiger partial charge in [-0.3, -0.25) is 9.59 Å². The van der Waals surface area contributed by atoms with Gasteiger partial charge in [0, 0.05) is 6.54 Å². The SMILES string of the molecule is CCOC(=O)CCNC(=O)C(c1ccccc1)c1ccccc1. The largest absolute Gasteiger partial charge is 0.466 e. The first kappa shape index (κ1) is 16.7.